The van der Waals surface area contributed by atoms with Gasteiger partial charge in [-0.1, -0.05) is 6.07 Å². The fraction of sp³-hybridized carbons (Fsp3) is 0.333. The molecule has 2 fully saturated rings. The van der Waals surface area contributed by atoms with Gasteiger partial charge in [0.15, 0.2) is 5.11 Å². The Morgan fingerprint density at radius 1 is 1.32 bits per heavy atom. The summed E-state index contributed by atoms with van der Waals surface area (Å²) in [6, 6.07) is 10.1. The zero-order valence-electron chi connectivity index (χ0n) is 18.9. The van der Waals surface area contributed by atoms with Crippen LogP contribution in [0.5, 0.6) is 11.5 Å². The van der Waals surface area contributed by atoms with Gasteiger partial charge in [-0.15, -0.1) is 0 Å². The van der Waals surface area contributed by atoms with E-state index in [4.69, 9.17) is 26.4 Å². The van der Waals surface area contributed by atoms with Gasteiger partial charge in [0.2, 0.25) is 0 Å². The molecule has 1 atom stereocenters. The lowest BCUT2D eigenvalue weighted by atomic mass is 10.1. The average Bonchev–Trinajstić information content (AvgIpc) is 3.42. The maximum absolute atomic E-state index is 12.9. The molecule has 9 nitrogen and oxygen atoms in total. The third kappa shape index (κ3) is 5.18. The van der Waals surface area contributed by atoms with Crippen molar-refractivity contribution in [3.8, 4) is 11.5 Å². The number of thiocarbonyl (C=S) groups is 1. The number of nitro groups is 1. The minimum Gasteiger partial charge on any atom is -0.496 e. The zero-order chi connectivity index (χ0) is 24.2. The number of aryl methyl sites for hydroxylation is 1. The van der Waals surface area contributed by atoms with E-state index < -0.39 is 4.92 Å². The Morgan fingerprint density at radius 3 is 2.82 bits per heavy atom. The number of nitrogens with zero attached hydrogens (tertiary/aromatic N) is 2. The van der Waals surface area contributed by atoms with Crippen LogP contribution < -0.4 is 14.8 Å². The topological polar surface area (TPSA) is 103 Å². The molecule has 2 aromatic carbocycles. The molecular formula is C24H25N3O6S. The fourth-order valence-electron chi connectivity index (χ4n) is 3.98. The van der Waals surface area contributed by atoms with Crippen LogP contribution in [0.4, 0.5) is 5.69 Å². The van der Waals surface area contributed by atoms with Crippen molar-refractivity contribution in [2.24, 2.45) is 0 Å². The van der Waals surface area contributed by atoms with E-state index in [1.54, 1.807) is 43.2 Å². The Kier molecular flexibility index (Phi) is 7.09. The van der Waals surface area contributed by atoms with Gasteiger partial charge >= 0.3 is 0 Å². The molecule has 1 N–H and O–H groups in total. The van der Waals surface area contributed by atoms with Gasteiger partial charge in [0, 0.05) is 23.8 Å². The lowest BCUT2D eigenvalue weighted by Crippen LogP contribution is -2.37. The van der Waals surface area contributed by atoms with Crippen LogP contribution in [0.25, 0.3) is 6.08 Å². The van der Waals surface area contributed by atoms with Crippen molar-refractivity contribution >= 4 is 35.0 Å². The third-order valence-electron chi connectivity index (χ3n) is 5.75. The number of ether oxygens (including phenoxy) is 3. The number of rotatable bonds is 8. The smallest absolute Gasteiger partial charge is 0.276 e. The first-order valence-electron chi connectivity index (χ1n) is 10.9. The molecule has 0 spiro atoms. The molecule has 2 aromatic rings. The monoisotopic (exact) mass is 483 g/mol. The van der Waals surface area contributed by atoms with Gasteiger partial charge in [0.05, 0.1) is 24.7 Å². The van der Waals surface area contributed by atoms with Crippen molar-refractivity contribution in [1.29, 1.82) is 0 Å². The predicted molar refractivity (Wildman–Crippen MR) is 130 cm³/mol. The molecule has 4 rings (SSSR count). The van der Waals surface area contributed by atoms with Crippen LogP contribution >= 0.6 is 12.2 Å². The van der Waals surface area contributed by atoms with Gasteiger partial charge in [-0.25, -0.2) is 0 Å². The van der Waals surface area contributed by atoms with Crippen molar-refractivity contribution in [3.63, 3.8) is 0 Å². The zero-order valence-corrected chi connectivity index (χ0v) is 19.7. The number of carbonyl (C=O) groups is 1. The second-order valence-corrected chi connectivity index (χ2v) is 8.49. The van der Waals surface area contributed by atoms with Crippen molar-refractivity contribution in [3.05, 3.63) is 68.9 Å². The van der Waals surface area contributed by atoms with Crippen LogP contribution in [0.2, 0.25) is 0 Å². The largest absolute Gasteiger partial charge is 0.496 e. The second-order valence-electron chi connectivity index (χ2n) is 8.10. The molecule has 0 radical (unpaired) electrons. The molecule has 1 amide bonds. The molecule has 10 heteroatoms. The highest BCUT2D eigenvalue weighted by atomic mass is 32.1. The van der Waals surface area contributed by atoms with Gasteiger partial charge in [-0.3, -0.25) is 19.8 Å². The maximum atomic E-state index is 12.9. The van der Waals surface area contributed by atoms with Crippen LogP contribution in [-0.4, -0.2) is 47.2 Å². The van der Waals surface area contributed by atoms with Crippen LogP contribution in [0.1, 0.15) is 29.5 Å². The summed E-state index contributed by atoms with van der Waals surface area (Å²) in [5.74, 6) is 0.953. The molecule has 178 valence electrons. The highest BCUT2D eigenvalue weighted by Crippen LogP contribution is 2.27. The molecule has 0 bridgehead atoms. The van der Waals surface area contributed by atoms with Crippen molar-refractivity contribution < 1.29 is 23.9 Å². The number of hydrogen-bond acceptors (Lipinski definition) is 7. The third-order valence-corrected chi connectivity index (χ3v) is 6.07. The van der Waals surface area contributed by atoms with Crippen LogP contribution in [0.15, 0.2) is 42.1 Å². The number of benzene rings is 2. The molecule has 0 saturated carbocycles. The second kappa shape index (κ2) is 10.2. The van der Waals surface area contributed by atoms with Crippen molar-refractivity contribution in [1.82, 2.24) is 10.2 Å². The predicted octanol–water partition coefficient (Wildman–Crippen LogP) is 3.73. The highest BCUT2D eigenvalue weighted by Gasteiger charge is 2.33. The number of nitro benzene ring substituents is 1. The number of methoxy groups -OCH3 is 1. The van der Waals surface area contributed by atoms with E-state index >= 15 is 0 Å². The van der Waals surface area contributed by atoms with Gasteiger partial charge in [-0.05, 0) is 67.9 Å². The quantitative estimate of drug-likeness (QED) is 0.262. The van der Waals surface area contributed by atoms with E-state index in [-0.39, 0.29) is 24.3 Å². The molecule has 0 aromatic heterocycles. The molecule has 2 aliphatic rings. The van der Waals surface area contributed by atoms with Gasteiger partial charge in [-0.2, -0.15) is 0 Å². The Hall–Kier alpha value is -3.50. The first kappa shape index (κ1) is 23.7. The fourth-order valence-corrected chi connectivity index (χ4v) is 4.25. The maximum Gasteiger partial charge on any atom is 0.276 e. The van der Waals surface area contributed by atoms with E-state index in [1.807, 2.05) is 12.1 Å². The summed E-state index contributed by atoms with van der Waals surface area (Å²) in [6.45, 7) is 3.00. The summed E-state index contributed by atoms with van der Waals surface area (Å²) in [4.78, 5) is 25.0. The lowest BCUT2D eigenvalue weighted by Gasteiger charge is -2.18. The Bertz CT molecular complexity index is 1160. The van der Waals surface area contributed by atoms with E-state index in [1.165, 1.54) is 6.07 Å². The van der Waals surface area contributed by atoms with Crippen LogP contribution in [0.3, 0.4) is 0 Å². The normalized spacial score (nSPS) is 18.9. The van der Waals surface area contributed by atoms with E-state index in [0.29, 0.717) is 41.0 Å². The number of hydrogen-bond donors (Lipinski definition) is 1. The van der Waals surface area contributed by atoms with Crippen molar-refractivity contribution in [2.45, 2.75) is 32.5 Å². The standard InChI is InChI=1S/C24H25N3O6S/c1-15-10-18(6-7-21(15)27(29)30)33-14-17-11-16(5-8-22(17)31-2)12-20-23(28)26(24(34)25-20)13-19-4-3-9-32-19/h5-8,10-12,19H,3-4,9,13-14H2,1-2H3,(H,25,34)/b20-12+. The summed E-state index contributed by atoms with van der Waals surface area (Å²) in [5, 5.41) is 14.4. The Morgan fingerprint density at radius 2 is 2.15 bits per heavy atom. The number of carbonyl (C=O) groups excluding carboxylic acids is 1. The van der Waals surface area contributed by atoms with Crippen LogP contribution in [-0.2, 0) is 16.1 Å². The summed E-state index contributed by atoms with van der Waals surface area (Å²) in [5.41, 5.74) is 2.49. The molecule has 1 unspecified atom stereocenters. The Labute approximate surface area is 202 Å². The number of nitrogens with one attached hydrogen (secondary N) is 1. The van der Waals surface area contributed by atoms with E-state index in [0.717, 1.165) is 24.0 Å². The molecular weight excluding hydrogens is 458 g/mol. The molecule has 34 heavy (non-hydrogen) atoms. The average molecular weight is 484 g/mol. The summed E-state index contributed by atoms with van der Waals surface area (Å²) < 4.78 is 16.9. The molecule has 2 saturated heterocycles. The van der Waals surface area contributed by atoms with Gasteiger partial charge in [0.25, 0.3) is 11.6 Å². The summed E-state index contributed by atoms with van der Waals surface area (Å²) in [7, 11) is 1.57. The first-order chi connectivity index (χ1) is 16.4. The SMILES string of the molecule is COc1ccc(/C=C2/NC(=S)N(CC3CCCO3)C2=O)cc1COc1ccc([N+](=O)[O-])c(C)c1. The van der Waals surface area contributed by atoms with Crippen molar-refractivity contribution in [2.75, 3.05) is 20.3 Å². The molecule has 2 aliphatic heterocycles. The minimum atomic E-state index is -0.426. The molecule has 2 heterocycles. The summed E-state index contributed by atoms with van der Waals surface area (Å²) in [6.07, 6.45) is 3.66. The number of amides is 1. The molecule has 0 aliphatic carbocycles. The summed E-state index contributed by atoms with van der Waals surface area (Å²) >= 11 is 5.36. The van der Waals surface area contributed by atoms with E-state index in [9.17, 15) is 14.9 Å². The van der Waals surface area contributed by atoms with Crippen LogP contribution in [0, 0.1) is 17.0 Å². The Balaban J connectivity index is 1.49. The first-order valence-corrected chi connectivity index (χ1v) is 11.3. The van der Waals surface area contributed by atoms with Gasteiger partial charge in [0.1, 0.15) is 23.8 Å². The highest BCUT2D eigenvalue weighted by molar-refractivity contribution is 7.80. The van der Waals surface area contributed by atoms with Gasteiger partial charge < -0.3 is 19.5 Å². The van der Waals surface area contributed by atoms with E-state index in [2.05, 4.69) is 5.32 Å². The minimum absolute atomic E-state index is 0.0100. The lowest BCUT2D eigenvalue weighted by molar-refractivity contribution is -0.385.